The first-order valence-corrected chi connectivity index (χ1v) is 11.4. The molecular weight excluding hydrogens is 435 g/mol. The summed E-state index contributed by atoms with van der Waals surface area (Å²) in [6.07, 6.45) is 1.27. The number of nitrogens with zero attached hydrogens (tertiary/aromatic N) is 3. The minimum Gasteiger partial charge on any atom is -0.362 e. The average Bonchev–Trinajstić information content (AvgIpc) is 2.71. The van der Waals surface area contributed by atoms with Crippen molar-refractivity contribution in [2.24, 2.45) is 0 Å². The molecule has 9 nitrogen and oxygen atoms in total. The molecule has 166 valence electrons. The number of carbonyl (C=O) groups excluding carboxylic acids is 1. The van der Waals surface area contributed by atoms with Crippen LogP contribution in [0.25, 0.3) is 0 Å². The topological polar surface area (TPSA) is 139 Å². The number of anilines is 1. The maximum Gasteiger partial charge on any atom is 0.274 e. The number of nitrogens with one attached hydrogen (secondary N) is 3. The number of amides is 1. The summed E-state index contributed by atoms with van der Waals surface area (Å²) in [6.45, 7) is 1.96. The highest BCUT2D eigenvalue weighted by atomic mass is 32.2. The van der Waals surface area contributed by atoms with Crippen LogP contribution in [0.4, 0.5) is 10.1 Å². The van der Waals surface area contributed by atoms with Gasteiger partial charge in [0.1, 0.15) is 23.4 Å². The molecule has 4 rings (SSSR count). The predicted molar refractivity (Wildman–Crippen MR) is 116 cm³/mol. The zero-order chi connectivity index (χ0) is 23.3. The van der Waals surface area contributed by atoms with Crippen molar-refractivity contribution in [1.29, 1.82) is 10.7 Å². The number of halogens is 1. The molecule has 0 aliphatic carbocycles. The van der Waals surface area contributed by atoms with Crippen LogP contribution in [0.2, 0.25) is 0 Å². The molecule has 2 aromatic rings. The van der Waals surface area contributed by atoms with Crippen LogP contribution in [0.15, 0.2) is 36.5 Å². The largest absolute Gasteiger partial charge is 0.362 e. The Kier molecular flexibility index (Phi) is 5.02. The highest BCUT2D eigenvalue weighted by molar-refractivity contribution is 7.93. The van der Waals surface area contributed by atoms with Crippen molar-refractivity contribution in [2.45, 2.75) is 17.2 Å². The Bertz CT molecular complexity index is 1270. The van der Waals surface area contributed by atoms with Crippen LogP contribution >= 0.6 is 0 Å². The molecule has 0 unspecified atom stereocenters. The summed E-state index contributed by atoms with van der Waals surface area (Å²) in [6, 6.07) is 8.61. The van der Waals surface area contributed by atoms with Gasteiger partial charge in [-0.3, -0.25) is 10.2 Å². The minimum atomic E-state index is -3.75. The molecule has 3 N–H and O–H groups in total. The van der Waals surface area contributed by atoms with Crippen molar-refractivity contribution in [3.05, 3.63) is 59.2 Å². The zero-order valence-electron chi connectivity index (χ0n) is 17.4. The monoisotopic (exact) mass is 456 g/mol. The van der Waals surface area contributed by atoms with E-state index in [0.29, 0.717) is 5.56 Å². The van der Waals surface area contributed by atoms with Gasteiger partial charge in [-0.2, -0.15) is 5.26 Å². The summed E-state index contributed by atoms with van der Waals surface area (Å²) >= 11 is 0. The Hall–Kier alpha value is -3.36. The Labute approximate surface area is 184 Å². The van der Waals surface area contributed by atoms with Crippen LogP contribution in [0.3, 0.4) is 0 Å². The summed E-state index contributed by atoms with van der Waals surface area (Å²) in [5.74, 6) is -1.76. The predicted octanol–water partition coefficient (Wildman–Crippen LogP) is 1.24. The molecule has 32 heavy (non-hydrogen) atoms. The fourth-order valence-corrected chi connectivity index (χ4v) is 6.70. The Morgan fingerprint density at radius 2 is 2.06 bits per heavy atom. The first-order valence-electron chi connectivity index (χ1n) is 9.75. The van der Waals surface area contributed by atoms with E-state index >= 15 is 0 Å². The summed E-state index contributed by atoms with van der Waals surface area (Å²) in [5, 5.41) is 22.8. The van der Waals surface area contributed by atoms with E-state index in [4.69, 9.17) is 10.7 Å². The van der Waals surface area contributed by atoms with Crippen LogP contribution in [-0.2, 0) is 15.4 Å². The van der Waals surface area contributed by atoms with E-state index in [1.165, 1.54) is 37.4 Å². The normalized spacial score (nSPS) is 23.6. The number of rotatable bonds is 3. The zero-order valence-corrected chi connectivity index (χ0v) is 18.3. The maximum atomic E-state index is 14.8. The molecule has 1 aromatic heterocycles. The first kappa shape index (κ1) is 21.9. The van der Waals surface area contributed by atoms with Crippen LogP contribution in [0, 0.1) is 22.6 Å². The van der Waals surface area contributed by atoms with E-state index in [-0.39, 0.29) is 41.6 Å². The van der Waals surface area contributed by atoms with Crippen molar-refractivity contribution in [1.82, 2.24) is 15.2 Å². The molecule has 0 saturated carbocycles. The van der Waals surface area contributed by atoms with Gasteiger partial charge >= 0.3 is 0 Å². The van der Waals surface area contributed by atoms with Crippen molar-refractivity contribution in [2.75, 3.05) is 31.2 Å². The van der Waals surface area contributed by atoms with Crippen molar-refractivity contribution in [3.63, 3.8) is 0 Å². The first-order chi connectivity index (χ1) is 15.0. The SMILES string of the molecule is CN1CC2(C1)C(=N)N[C@](C)(c1cc(NC(=O)c3ccc(C#N)cn3)ccc1F)CS2(=O)=O. The van der Waals surface area contributed by atoms with Crippen LogP contribution < -0.4 is 10.6 Å². The molecule has 0 bridgehead atoms. The second kappa shape index (κ2) is 7.36. The lowest BCUT2D eigenvalue weighted by molar-refractivity contribution is 0.102. The van der Waals surface area contributed by atoms with Gasteiger partial charge in [0.05, 0.1) is 16.9 Å². The number of pyridine rings is 1. The lowest BCUT2D eigenvalue weighted by Crippen LogP contribution is -2.77. The van der Waals surface area contributed by atoms with Gasteiger partial charge in [0, 0.05) is 30.5 Å². The average molecular weight is 457 g/mol. The van der Waals surface area contributed by atoms with E-state index in [1.54, 1.807) is 7.05 Å². The number of aromatic nitrogens is 1. The van der Waals surface area contributed by atoms with Gasteiger partial charge in [-0.15, -0.1) is 0 Å². The maximum absolute atomic E-state index is 14.8. The molecule has 3 heterocycles. The number of carbonyl (C=O) groups is 1. The van der Waals surface area contributed by atoms with Gasteiger partial charge < -0.3 is 15.5 Å². The standard InChI is InChI=1S/C21H21FN6O3S/c1-20(12-32(30,31)21(19(24)27-20)10-28(2)11-21)15-7-14(4-5-16(15)22)26-18(29)17-6-3-13(8-23)9-25-17/h3-7,9H,10-12H2,1-2H3,(H2,24,27)(H,26,29)/t20-/m0/s1. The third-order valence-corrected chi connectivity index (χ3v) is 8.54. The highest BCUT2D eigenvalue weighted by Gasteiger charge is 2.61. The van der Waals surface area contributed by atoms with E-state index < -0.39 is 31.8 Å². The molecule has 1 aromatic carbocycles. The fraction of sp³-hybridized carbons (Fsp3) is 0.333. The van der Waals surface area contributed by atoms with Crippen LogP contribution in [0.5, 0.6) is 0 Å². The van der Waals surface area contributed by atoms with E-state index in [9.17, 15) is 17.6 Å². The number of hydrogen-bond donors (Lipinski definition) is 3. The third-order valence-electron chi connectivity index (χ3n) is 5.93. The van der Waals surface area contributed by atoms with Gasteiger partial charge in [-0.05, 0) is 44.3 Å². The molecule has 2 saturated heterocycles. The van der Waals surface area contributed by atoms with Crippen LogP contribution in [0.1, 0.15) is 28.5 Å². The highest BCUT2D eigenvalue weighted by Crippen LogP contribution is 2.40. The van der Waals surface area contributed by atoms with Gasteiger partial charge in [-0.1, -0.05) is 0 Å². The van der Waals surface area contributed by atoms with E-state index in [0.717, 1.165) is 6.07 Å². The summed E-state index contributed by atoms with van der Waals surface area (Å²) in [5.41, 5.74) is -0.738. The molecule has 2 aliphatic rings. The summed E-state index contributed by atoms with van der Waals surface area (Å²) in [4.78, 5) is 18.2. The van der Waals surface area contributed by atoms with Crippen molar-refractivity contribution in [3.8, 4) is 6.07 Å². The number of hydrogen-bond acceptors (Lipinski definition) is 7. The van der Waals surface area contributed by atoms with Gasteiger partial charge in [0.2, 0.25) is 0 Å². The second-order valence-electron chi connectivity index (χ2n) is 8.45. The molecule has 1 atom stereocenters. The van der Waals surface area contributed by atoms with Crippen molar-refractivity contribution >= 4 is 27.3 Å². The summed E-state index contributed by atoms with van der Waals surface area (Å²) < 4.78 is 39.7. The number of likely N-dealkylation sites (tertiary alicyclic amines) is 1. The molecule has 2 aliphatic heterocycles. The van der Waals surface area contributed by atoms with E-state index in [2.05, 4.69) is 15.6 Å². The second-order valence-corrected chi connectivity index (χ2v) is 10.8. The summed E-state index contributed by atoms with van der Waals surface area (Å²) in [7, 11) is -1.97. The Morgan fingerprint density at radius 3 is 2.62 bits per heavy atom. The fourth-order valence-electron chi connectivity index (χ4n) is 4.24. The molecule has 2 fully saturated rings. The third kappa shape index (κ3) is 3.41. The quantitative estimate of drug-likeness (QED) is 0.631. The molecular formula is C21H21FN6O3S. The molecule has 11 heteroatoms. The molecule has 1 spiro atoms. The van der Waals surface area contributed by atoms with Crippen LogP contribution in [-0.4, -0.2) is 60.7 Å². The lowest BCUT2D eigenvalue weighted by Gasteiger charge is -2.53. The minimum absolute atomic E-state index is 0.0268. The molecule has 1 amide bonds. The van der Waals surface area contributed by atoms with Gasteiger partial charge in [0.25, 0.3) is 5.91 Å². The lowest BCUT2D eigenvalue weighted by atomic mass is 9.89. The number of sulfone groups is 1. The number of nitriles is 1. The number of benzene rings is 1. The smallest absolute Gasteiger partial charge is 0.274 e. The Balaban J connectivity index is 1.62. The van der Waals surface area contributed by atoms with Gasteiger partial charge in [0.15, 0.2) is 14.6 Å². The Morgan fingerprint density at radius 1 is 1.34 bits per heavy atom. The molecule has 0 radical (unpaired) electrons. The van der Waals surface area contributed by atoms with Crippen molar-refractivity contribution < 1.29 is 17.6 Å². The van der Waals surface area contributed by atoms with Gasteiger partial charge in [-0.25, -0.2) is 17.8 Å². The van der Waals surface area contributed by atoms with E-state index in [1.807, 2.05) is 11.0 Å². The number of amidine groups is 1.